The lowest BCUT2D eigenvalue weighted by atomic mass is 10.0. The van der Waals surface area contributed by atoms with E-state index in [4.69, 9.17) is 13.6 Å². The molecule has 0 aliphatic heterocycles. The average molecular weight is 605 g/mol. The van der Waals surface area contributed by atoms with Crippen LogP contribution in [0, 0.1) is 6.92 Å². The van der Waals surface area contributed by atoms with Crippen LogP contribution in [0.15, 0.2) is 54.6 Å². The summed E-state index contributed by atoms with van der Waals surface area (Å²) in [7, 11) is -1.73. The summed E-state index contributed by atoms with van der Waals surface area (Å²) in [4.78, 5) is 0. The Kier molecular flexibility index (Phi) is 16.0. The molecule has 0 aliphatic rings. The lowest BCUT2D eigenvalue weighted by Crippen LogP contribution is -2.07. The average Bonchev–Trinajstić information content (AvgIpc) is 3.02. The van der Waals surface area contributed by atoms with E-state index in [1.165, 1.54) is 59.1 Å². The molecule has 0 atom stereocenters. The fourth-order valence-corrected chi connectivity index (χ4v) is 6.43. The van der Waals surface area contributed by atoms with Gasteiger partial charge in [0, 0.05) is 0 Å². The number of hydrogen-bond acceptors (Lipinski definition) is 3. The molecule has 0 fully saturated rings. The standard InChI is InChI=1S/C39H57O3P/c1-7-12-17-32-23-26-38(35(29-32)20-15-10-4)41-43(40-37-25-22-31(6)28-34(37)19-14-9-3)42-39-27-24-33(18-13-8-2)30-36(39)21-16-11-5/h22-30H,7-21H2,1-6H3. The third-order valence-electron chi connectivity index (χ3n) is 8.02. The summed E-state index contributed by atoms with van der Waals surface area (Å²) in [5.74, 6) is 2.64. The van der Waals surface area contributed by atoms with Crippen LogP contribution in [0.3, 0.4) is 0 Å². The molecule has 0 bridgehead atoms. The van der Waals surface area contributed by atoms with Gasteiger partial charge in [-0.15, -0.1) is 0 Å². The van der Waals surface area contributed by atoms with E-state index in [1.54, 1.807) is 0 Å². The van der Waals surface area contributed by atoms with Crippen molar-refractivity contribution in [1.29, 1.82) is 0 Å². The Hall–Kier alpha value is -2.51. The smallest absolute Gasteiger partial charge is 0.408 e. The molecule has 43 heavy (non-hydrogen) atoms. The molecule has 3 aromatic carbocycles. The molecule has 3 rings (SSSR count). The molecule has 0 spiro atoms. The molecule has 0 saturated carbocycles. The molecular formula is C39H57O3P. The molecule has 3 nitrogen and oxygen atoms in total. The zero-order valence-electron chi connectivity index (χ0n) is 28.0. The van der Waals surface area contributed by atoms with Gasteiger partial charge in [0.05, 0.1) is 0 Å². The van der Waals surface area contributed by atoms with Crippen LogP contribution in [0.25, 0.3) is 0 Å². The molecule has 0 N–H and O–H groups in total. The predicted octanol–water partition coefficient (Wildman–Crippen LogP) is 12.5. The largest absolute Gasteiger partial charge is 0.530 e. The highest BCUT2D eigenvalue weighted by Crippen LogP contribution is 2.46. The van der Waals surface area contributed by atoms with Gasteiger partial charge in [-0.2, -0.15) is 0 Å². The van der Waals surface area contributed by atoms with Crippen molar-refractivity contribution in [1.82, 2.24) is 0 Å². The summed E-state index contributed by atoms with van der Waals surface area (Å²) < 4.78 is 20.3. The molecule has 3 aromatic rings. The maximum absolute atomic E-state index is 6.77. The Balaban J connectivity index is 2.00. The van der Waals surface area contributed by atoms with Gasteiger partial charge in [0.25, 0.3) is 0 Å². The van der Waals surface area contributed by atoms with Crippen molar-refractivity contribution in [3.05, 3.63) is 88.0 Å². The van der Waals surface area contributed by atoms with E-state index in [2.05, 4.69) is 96.1 Å². The number of unbranched alkanes of at least 4 members (excludes halogenated alkanes) is 5. The molecule has 0 saturated heterocycles. The van der Waals surface area contributed by atoms with Crippen molar-refractivity contribution in [2.45, 2.75) is 138 Å². The molecule has 0 radical (unpaired) electrons. The Labute approximate surface area is 264 Å². The number of rotatable bonds is 21. The SMILES string of the molecule is CCCCc1ccc(OP(Oc2ccc(C)cc2CCCC)Oc2ccc(CCCC)cc2CCCC)c(CCCC)c1. The third kappa shape index (κ3) is 11.8. The van der Waals surface area contributed by atoms with Crippen molar-refractivity contribution in [2.75, 3.05) is 0 Å². The quantitative estimate of drug-likeness (QED) is 0.113. The highest BCUT2D eigenvalue weighted by Gasteiger charge is 2.24. The summed E-state index contributed by atoms with van der Waals surface area (Å²) in [5, 5.41) is 0. The van der Waals surface area contributed by atoms with Gasteiger partial charge < -0.3 is 13.6 Å². The van der Waals surface area contributed by atoms with Crippen LogP contribution in [-0.4, -0.2) is 0 Å². The molecule has 0 aromatic heterocycles. The van der Waals surface area contributed by atoms with Crippen LogP contribution >= 0.6 is 8.60 Å². The summed E-state index contributed by atoms with van der Waals surface area (Å²) >= 11 is 0. The third-order valence-corrected chi connectivity index (χ3v) is 9.06. The minimum Gasteiger partial charge on any atom is -0.408 e. The van der Waals surface area contributed by atoms with Gasteiger partial charge in [0.1, 0.15) is 17.2 Å². The first-order valence-corrected chi connectivity index (χ1v) is 18.3. The highest BCUT2D eigenvalue weighted by molar-refractivity contribution is 7.43. The van der Waals surface area contributed by atoms with Crippen molar-refractivity contribution in [3.63, 3.8) is 0 Å². The van der Waals surface area contributed by atoms with E-state index in [-0.39, 0.29) is 0 Å². The second-order valence-electron chi connectivity index (χ2n) is 12.0. The van der Waals surface area contributed by atoms with E-state index >= 15 is 0 Å². The van der Waals surface area contributed by atoms with Crippen LogP contribution in [0.1, 0.15) is 132 Å². The van der Waals surface area contributed by atoms with Gasteiger partial charge in [-0.1, -0.05) is 109 Å². The van der Waals surface area contributed by atoms with Gasteiger partial charge in [0.2, 0.25) is 0 Å². The lowest BCUT2D eigenvalue weighted by Gasteiger charge is -2.23. The molecule has 0 unspecified atom stereocenters. The Bertz CT molecular complexity index is 1160. The molecule has 0 aliphatic carbocycles. The Morgan fingerprint density at radius 3 is 1.19 bits per heavy atom. The summed E-state index contributed by atoms with van der Waals surface area (Å²) in [5.41, 5.74) is 7.76. The van der Waals surface area contributed by atoms with Crippen LogP contribution in [-0.2, 0) is 32.1 Å². The van der Waals surface area contributed by atoms with Crippen molar-refractivity contribution < 1.29 is 13.6 Å². The predicted molar refractivity (Wildman–Crippen MR) is 186 cm³/mol. The van der Waals surface area contributed by atoms with Crippen LogP contribution < -0.4 is 13.6 Å². The van der Waals surface area contributed by atoms with Gasteiger partial charge in [-0.3, -0.25) is 0 Å². The van der Waals surface area contributed by atoms with Crippen LogP contribution in [0.5, 0.6) is 17.2 Å². The first-order chi connectivity index (χ1) is 21.0. The van der Waals surface area contributed by atoms with Crippen molar-refractivity contribution in [2.24, 2.45) is 0 Å². The van der Waals surface area contributed by atoms with E-state index in [1.807, 2.05) is 0 Å². The van der Waals surface area contributed by atoms with Gasteiger partial charge in [-0.25, -0.2) is 0 Å². The number of aryl methyl sites for hydroxylation is 6. The zero-order chi connectivity index (χ0) is 30.9. The molecule has 0 heterocycles. The maximum Gasteiger partial charge on any atom is 0.530 e. The topological polar surface area (TPSA) is 27.7 Å². The fourth-order valence-electron chi connectivity index (χ4n) is 5.30. The zero-order valence-corrected chi connectivity index (χ0v) is 28.9. The Morgan fingerprint density at radius 2 is 0.791 bits per heavy atom. The fraction of sp³-hybridized carbons (Fsp3) is 0.538. The lowest BCUT2D eigenvalue weighted by molar-refractivity contribution is 0.382. The van der Waals surface area contributed by atoms with Gasteiger partial charge in [0.15, 0.2) is 0 Å². The normalized spacial score (nSPS) is 11.2. The first kappa shape index (κ1) is 35.0. The molecule has 4 heteroatoms. The minimum atomic E-state index is -1.73. The summed E-state index contributed by atoms with van der Waals surface area (Å²) in [6.07, 6.45) is 16.8. The monoisotopic (exact) mass is 604 g/mol. The van der Waals surface area contributed by atoms with Gasteiger partial charge in [-0.05, 0) is 117 Å². The minimum absolute atomic E-state index is 0.870. The van der Waals surface area contributed by atoms with E-state index in [0.29, 0.717) is 0 Å². The van der Waals surface area contributed by atoms with Crippen LogP contribution in [0.2, 0.25) is 0 Å². The van der Waals surface area contributed by atoms with Crippen LogP contribution in [0.4, 0.5) is 0 Å². The maximum atomic E-state index is 6.77. The second kappa shape index (κ2) is 19.7. The molecule has 236 valence electrons. The summed E-state index contributed by atoms with van der Waals surface area (Å²) in [6, 6.07) is 19.9. The van der Waals surface area contributed by atoms with Crippen molar-refractivity contribution >= 4 is 8.60 Å². The first-order valence-electron chi connectivity index (χ1n) is 17.2. The second-order valence-corrected chi connectivity index (χ2v) is 13.0. The highest BCUT2D eigenvalue weighted by atomic mass is 31.2. The van der Waals surface area contributed by atoms with E-state index < -0.39 is 8.60 Å². The molecule has 0 amide bonds. The number of hydrogen-bond donors (Lipinski definition) is 0. The Morgan fingerprint density at radius 1 is 0.442 bits per heavy atom. The summed E-state index contributed by atoms with van der Waals surface area (Å²) in [6.45, 7) is 13.4. The van der Waals surface area contributed by atoms with E-state index in [9.17, 15) is 0 Å². The number of benzene rings is 3. The van der Waals surface area contributed by atoms with Gasteiger partial charge >= 0.3 is 8.60 Å². The molecular weight excluding hydrogens is 547 g/mol. The van der Waals surface area contributed by atoms with E-state index in [0.717, 1.165) is 87.9 Å². The van der Waals surface area contributed by atoms with Crippen molar-refractivity contribution in [3.8, 4) is 17.2 Å².